The zero-order valence-electron chi connectivity index (χ0n) is 11.8. The van der Waals surface area contributed by atoms with E-state index in [4.69, 9.17) is 0 Å². The van der Waals surface area contributed by atoms with Gasteiger partial charge in [-0.2, -0.15) is 22.0 Å². The number of halogens is 6. The summed E-state index contributed by atoms with van der Waals surface area (Å²) in [5.74, 6) is -2.74. The molecule has 0 N–H and O–H groups in total. The molecule has 0 aromatic rings. The lowest BCUT2D eigenvalue weighted by Crippen LogP contribution is -2.46. The molecule has 124 valence electrons. The molecular weight excluding hydrogens is 302 g/mol. The van der Waals surface area contributed by atoms with Gasteiger partial charge in [-0.05, 0) is 25.7 Å². The molecule has 0 aliphatic heterocycles. The standard InChI is InChI=1S/C13H18F6O2/c1-4-5-9(6-10(14)11(15)16)7-12(2,13(17,18)19)21-8-20-3/h4,9H,1,5-8H2,2-3H3. The third-order valence-electron chi connectivity index (χ3n) is 2.95. The van der Waals surface area contributed by atoms with Crippen LogP contribution in [0, 0.1) is 5.92 Å². The fraction of sp³-hybridized carbons (Fsp3) is 0.692. The Balaban J connectivity index is 5.14. The molecule has 0 aliphatic rings. The summed E-state index contributed by atoms with van der Waals surface area (Å²) in [6.07, 6.45) is -7.58. The minimum absolute atomic E-state index is 0.0529. The van der Waals surface area contributed by atoms with Crippen molar-refractivity contribution in [2.45, 2.75) is 38.0 Å². The van der Waals surface area contributed by atoms with Crippen molar-refractivity contribution in [2.75, 3.05) is 13.9 Å². The number of alkyl halides is 3. The lowest BCUT2D eigenvalue weighted by Gasteiger charge is -2.34. The second-order valence-electron chi connectivity index (χ2n) is 4.74. The van der Waals surface area contributed by atoms with Crippen LogP contribution in [0.15, 0.2) is 24.6 Å². The molecule has 0 heterocycles. The zero-order chi connectivity index (χ0) is 16.7. The molecule has 0 saturated heterocycles. The van der Waals surface area contributed by atoms with E-state index in [0.29, 0.717) is 0 Å². The van der Waals surface area contributed by atoms with Gasteiger partial charge >= 0.3 is 12.3 Å². The van der Waals surface area contributed by atoms with Crippen LogP contribution >= 0.6 is 0 Å². The van der Waals surface area contributed by atoms with Crippen LogP contribution in [0.4, 0.5) is 26.3 Å². The zero-order valence-corrected chi connectivity index (χ0v) is 11.8. The highest BCUT2D eigenvalue weighted by Gasteiger charge is 2.53. The molecule has 21 heavy (non-hydrogen) atoms. The Bertz CT molecular complexity index is 362. The molecule has 2 unspecified atom stereocenters. The van der Waals surface area contributed by atoms with Crippen LogP contribution in [-0.4, -0.2) is 25.7 Å². The van der Waals surface area contributed by atoms with Gasteiger partial charge in [0.1, 0.15) is 6.79 Å². The van der Waals surface area contributed by atoms with Crippen LogP contribution < -0.4 is 0 Å². The van der Waals surface area contributed by atoms with Gasteiger partial charge in [-0.3, -0.25) is 0 Å². The van der Waals surface area contributed by atoms with Gasteiger partial charge in [0.2, 0.25) is 0 Å². The molecule has 2 atom stereocenters. The van der Waals surface area contributed by atoms with Crippen molar-refractivity contribution < 1.29 is 35.8 Å². The van der Waals surface area contributed by atoms with Gasteiger partial charge in [0.05, 0.1) is 0 Å². The van der Waals surface area contributed by atoms with Crippen molar-refractivity contribution in [3.63, 3.8) is 0 Å². The van der Waals surface area contributed by atoms with Gasteiger partial charge in [-0.15, -0.1) is 6.58 Å². The van der Waals surface area contributed by atoms with Crippen LogP contribution in [-0.2, 0) is 9.47 Å². The Kier molecular flexibility index (Phi) is 8.02. The quantitative estimate of drug-likeness (QED) is 0.339. The van der Waals surface area contributed by atoms with Crippen LogP contribution in [0.5, 0.6) is 0 Å². The lowest BCUT2D eigenvalue weighted by molar-refractivity contribution is -0.294. The maximum absolute atomic E-state index is 13.1. The number of hydrogen-bond acceptors (Lipinski definition) is 2. The van der Waals surface area contributed by atoms with E-state index in [1.807, 2.05) is 0 Å². The Morgan fingerprint density at radius 2 is 1.81 bits per heavy atom. The predicted octanol–water partition coefficient (Wildman–Crippen LogP) is 4.98. The molecule has 0 bridgehead atoms. The summed E-state index contributed by atoms with van der Waals surface area (Å²) in [5.41, 5.74) is -2.62. The number of methoxy groups -OCH3 is 1. The van der Waals surface area contributed by atoms with Gasteiger partial charge in [0.25, 0.3) is 0 Å². The van der Waals surface area contributed by atoms with Crippen LogP contribution in [0.2, 0.25) is 0 Å². The number of ether oxygens (including phenoxy) is 2. The Morgan fingerprint density at radius 3 is 2.19 bits per heavy atom. The highest BCUT2D eigenvalue weighted by molar-refractivity contribution is 4.97. The summed E-state index contributed by atoms with van der Waals surface area (Å²) in [7, 11) is 1.15. The molecule has 0 amide bonds. The maximum Gasteiger partial charge on any atom is 0.417 e. The van der Waals surface area contributed by atoms with E-state index in [1.54, 1.807) is 0 Å². The average molecular weight is 320 g/mol. The van der Waals surface area contributed by atoms with Gasteiger partial charge in [0.15, 0.2) is 11.4 Å². The fourth-order valence-electron chi connectivity index (χ4n) is 1.80. The molecule has 8 heteroatoms. The molecule has 0 rings (SSSR count). The SMILES string of the molecule is C=CCC(CC(F)=C(F)F)CC(C)(OCOC)C(F)(F)F. The minimum Gasteiger partial charge on any atom is -0.359 e. The second-order valence-corrected chi connectivity index (χ2v) is 4.74. The summed E-state index contributed by atoms with van der Waals surface area (Å²) >= 11 is 0. The number of allylic oxidation sites excluding steroid dienone is 2. The van der Waals surface area contributed by atoms with E-state index >= 15 is 0 Å². The normalized spacial score (nSPS) is 16.2. The molecule has 0 aromatic carbocycles. The molecule has 0 radical (unpaired) electrons. The van der Waals surface area contributed by atoms with Crippen LogP contribution in [0.1, 0.15) is 26.2 Å². The fourth-order valence-corrected chi connectivity index (χ4v) is 1.80. The van der Waals surface area contributed by atoms with E-state index in [9.17, 15) is 26.3 Å². The maximum atomic E-state index is 13.1. The Hall–Kier alpha value is -1.02. The third kappa shape index (κ3) is 6.52. The third-order valence-corrected chi connectivity index (χ3v) is 2.95. The van der Waals surface area contributed by atoms with E-state index in [0.717, 1.165) is 14.0 Å². The van der Waals surface area contributed by atoms with E-state index < -0.39 is 49.2 Å². The van der Waals surface area contributed by atoms with E-state index in [-0.39, 0.29) is 6.42 Å². The van der Waals surface area contributed by atoms with Crippen LogP contribution in [0.3, 0.4) is 0 Å². The van der Waals surface area contributed by atoms with Crippen molar-refractivity contribution in [1.82, 2.24) is 0 Å². The first-order valence-electron chi connectivity index (χ1n) is 6.07. The summed E-state index contributed by atoms with van der Waals surface area (Å²) < 4.78 is 85.5. The minimum atomic E-state index is -4.75. The average Bonchev–Trinajstić information content (AvgIpc) is 2.35. The summed E-state index contributed by atoms with van der Waals surface area (Å²) in [6.45, 7) is 3.49. The highest BCUT2D eigenvalue weighted by atomic mass is 19.4. The van der Waals surface area contributed by atoms with E-state index in [1.165, 1.54) is 6.08 Å². The molecule has 0 fully saturated rings. The smallest absolute Gasteiger partial charge is 0.359 e. The Labute approximate surface area is 119 Å². The van der Waals surface area contributed by atoms with E-state index in [2.05, 4.69) is 16.1 Å². The molecule has 0 aliphatic carbocycles. The number of rotatable bonds is 9. The molecular formula is C13H18F6O2. The summed E-state index contributed by atoms with van der Waals surface area (Å²) in [5, 5.41) is 0. The molecule has 2 nitrogen and oxygen atoms in total. The lowest BCUT2D eigenvalue weighted by atomic mass is 9.86. The van der Waals surface area contributed by atoms with Gasteiger partial charge in [-0.25, -0.2) is 4.39 Å². The van der Waals surface area contributed by atoms with Crippen molar-refractivity contribution in [1.29, 1.82) is 0 Å². The monoisotopic (exact) mass is 320 g/mol. The largest absolute Gasteiger partial charge is 0.417 e. The summed E-state index contributed by atoms with van der Waals surface area (Å²) in [6, 6.07) is 0. The van der Waals surface area contributed by atoms with Crippen molar-refractivity contribution in [3.05, 3.63) is 24.6 Å². The van der Waals surface area contributed by atoms with Gasteiger partial charge in [-0.1, -0.05) is 6.08 Å². The topological polar surface area (TPSA) is 18.5 Å². The van der Waals surface area contributed by atoms with Crippen molar-refractivity contribution in [3.8, 4) is 0 Å². The first-order chi connectivity index (χ1) is 9.57. The second kappa shape index (κ2) is 8.43. The first kappa shape index (κ1) is 20.0. The van der Waals surface area contributed by atoms with Gasteiger partial charge < -0.3 is 9.47 Å². The predicted molar refractivity (Wildman–Crippen MR) is 65.3 cm³/mol. The van der Waals surface area contributed by atoms with Crippen LogP contribution in [0.25, 0.3) is 0 Å². The molecule has 0 aromatic heterocycles. The van der Waals surface area contributed by atoms with Gasteiger partial charge in [0, 0.05) is 13.5 Å². The molecule has 0 spiro atoms. The Morgan fingerprint density at radius 1 is 1.24 bits per heavy atom. The molecule has 0 saturated carbocycles. The van der Waals surface area contributed by atoms with Crippen molar-refractivity contribution >= 4 is 0 Å². The number of hydrogen-bond donors (Lipinski definition) is 0. The summed E-state index contributed by atoms with van der Waals surface area (Å²) in [4.78, 5) is 0. The first-order valence-corrected chi connectivity index (χ1v) is 6.07. The van der Waals surface area contributed by atoms with Crippen molar-refractivity contribution in [2.24, 2.45) is 5.92 Å². The highest BCUT2D eigenvalue weighted by Crippen LogP contribution is 2.40.